The number of amides is 1. The first-order valence-corrected chi connectivity index (χ1v) is 10.7. The second kappa shape index (κ2) is 8.71. The highest BCUT2D eigenvalue weighted by atomic mass is 32.2. The normalized spacial score (nSPS) is 12.1. The number of hydrogen-bond donors (Lipinski definition) is 2. The molecule has 0 spiro atoms. The van der Waals surface area contributed by atoms with Crippen LogP contribution in [0.25, 0.3) is 5.69 Å². The molecule has 0 aliphatic rings. The third-order valence-electron chi connectivity index (χ3n) is 4.47. The van der Waals surface area contributed by atoms with Gasteiger partial charge in [0.15, 0.2) is 0 Å². The van der Waals surface area contributed by atoms with E-state index in [4.69, 9.17) is 0 Å². The van der Waals surface area contributed by atoms with Crippen molar-refractivity contribution in [3.05, 3.63) is 71.3 Å². The molecule has 0 saturated carbocycles. The lowest BCUT2D eigenvalue weighted by molar-refractivity contribution is -0.121. The third kappa shape index (κ3) is 5.32. The second-order valence-corrected chi connectivity index (χ2v) is 8.62. The molecule has 0 aliphatic heterocycles. The minimum Gasteiger partial charge on any atom is -0.322 e. The van der Waals surface area contributed by atoms with Gasteiger partial charge < -0.3 is 5.32 Å². The van der Waals surface area contributed by atoms with Gasteiger partial charge in [-0.25, -0.2) is 22.2 Å². The summed E-state index contributed by atoms with van der Waals surface area (Å²) < 4.78 is 76.8. The van der Waals surface area contributed by atoms with Gasteiger partial charge in [0.1, 0.15) is 12.4 Å². The molecule has 2 aromatic carbocycles. The maximum Gasteiger partial charge on any atom is 0.402 e. The van der Waals surface area contributed by atoms with Crippen LogP contribution in [-0.4, -0.2) is 36.8 Å². The van der Waals surface area contributed by atoms with E-state index in [0.717, 1.165) is 12.1 Å². The molecule has 0 unspecified atom stereocenters. The van der Waals surface area contributed by atoms with Gasteiger partial charge in [0.25, 0.3) is 5.91 Å². The first kappa shape index (κ1) is 23.4. The van der Waals surface area contributed by atoms with Gasteiger partial charge in [-0.3, -0.25) is 4.79 Å². The Morgan fingerprint density at radius 2 is 1.62 bits per heavy atom. The number of aryl methyl sites for hydroxylation is 1. The predicted molar refractivity (Wildman–Crippen MR) is 109 cm³/mol. The maximum atomic E-state index is 13.2. The van der Waals surface area contributed by atoms with Crippen molar-refractivity contribution in [2.24, 2.45) is 0 Å². The van der Waals surface area contributed by atoms with E-state index in [2.05, 4.69) is 10.4 Å². The summed E-state index contributed by atoms with van der Waals surface area (Å²) in [5.41, 5.74) is 1.99. The number of rotatable bonds is 6. The van der Waals surface area contributed by atoms with Crippen LogP contribution in [0.15, 0.2) is 53.4 Å². The lowest BCUT2D eigenvalue weighted by Crippen LogP contribution is -2.33. The van der Waals surface area contributed by atoms with Crippen LogP contribution in [-0.2, 0) is 10.0 Å². The maximum absolute atomic E-state index is 13.2. The van der Waals surface area contributed by atoms with Gasteiger partial charge in [-0.05, 0) is 62.4 Å². The van der Waals surface area contributed by atoms with Gasteiger partial charge in [-0.1, -0.05) is 0 Å². The Bertz CT molecular complexity index is 1240. The highest BCUT2D eigenvalue weighted by Crippen LogP contribution is 2.21. The number of benzene rings is 2. The van der Waals surface area contributed by atoms with E-state index in [9.17, 15) is 30.8 Å². The molecule has 0 atom stereocenters. The van der Waals surface area contributed by atoms with Crippen molar-refractivity contribution in [1.29, 1.82) is 0 Å². The number of sulfonamides is 1. The van der Waals surface area contributed by atoms with Crippen LogP contribution < -0.4 is 10.0 Å². The van der Waals surface area contributed by atoms with Crippen molar-refractivity contribution in [1.82, 2.24) is 14.5 Å². The number of carbonyl (C=O) groups is 1. The molecule has 1 heterocycles. The standard InChI is InChI=1S/C20H18F4N4O3S/c1-12-18(13(2)28(27-12)16-7-3-14(21)4-8-16)19(29)26-15-5-9-17(10-6-15)32(30,31)25-11-20(22,23)24/h3-10,25H,11H2,1-2H3,(H,26,29). The third-order valence-corrected chi connectivity index (χ3v) is 5.89. The minimum atomic E-state index is -4.69. The Balaban J connectivity index is 1.77. The van der Waals surface area contributed by atoms with Crippen LogP contribution in [0, 0.1) is 19.7 Å². The molecule has 0 bridgehead atoms. The fraction of sp³-hybridized carbons (Fsp3) is 0.200. The van der Waals surface area contributed by atoms with Crippen molar-refractivity contribution < 1.29 is 30.8 Å². The quantitative estimate of drug-likeness (QED) is 0.537. The molecule has 12 heteroatoms. The number of alkyl halides is 3. The van der Waals surface area contributed by atoms with Gasteiger partial charge in [-0.2, -0.15) is 18.3 Å². The van der Waals surface area contributed by atoms with Gasteiger partial charge in [0.05, 0.1) is 27.5 Å². The molecule has 0 saturated heterocycles. The van der Waals surface area contributed by atoms with E-state index >= 15 is 0 Å². The largest absolute Gasteiger partial charge is 0.402 e. The van der Waals surface area contributed by atoms with E-state index in [1.807, 2.05) is 0 Å². The Morgan fingerprint density at radius 3 is 2.19 bits per heavy atom. The fourth-order valence-electron chi connectivity index (χ4n) is 2.98. The van der Waals surface area contributed by atoms with Gasteiger partial charge >= 0.3 is 6.18 Å². The summed E-state index contributed by atoms with van der Waals surface area (Å²) in [7, 11) is -4.36. The number of aromatic nitrogens is 2. The Labute approximate surface area is 181 Å². The molecular formula is C20H18F4N4O3S. The number of nitrogens with one attached hydrogen (secondary N) is 2. The molecule has 0 aliphatic carbocycles. The van der Waals surface area contributed by atoms with Crippen LogP contribution >= 0.6 is 0 Å². The summed E-state index contributed by atoms with van der Waals surface area (Å²) >= 11 is 0. The monoisotopic (exact) mass is 470 g/mol. The zero-order valence-corrected chi connectivity index (χ0v) is 17.7. The Hall–Kier alpha value is -3.25. The van der Waals surface area contributed by atoms with Crippen LogP contribution in [0.5, 0.6) is 0 Å². The summed E-state index contributed by atoms with van der Waals surface area (Å²) in [6.45, 7) is 1.61. The molecule has 0 radical (unpaired) electrons. The van der Waals surface area contributed by atoms with Gasteiger partial charge in [0.2, 0.25) is 10.0 Å². The SMILES string of the molecule is Cc1nn(-c2ccc(F)cc2)c(C)c1C(=O)Nc1ccc(S(=O)(=O)NCC(F)(F)F)cc1. The minimum absolute atomic E-state index is 0.234. The first-order valence-electron chi connectivity index (χ1n) is 9.17. The summed E-state index contributed by atoms with van der Waals surface area (Å²) in [6.07, 6.45) is -4.69. The van der Waals surface area contributed by atoms with Crippen molar-refractivity contribution in [3.8, 4) is 5.69 Å². The summed E-state index contributed by atoms with van der Waals surface area (Å²) in [4.78, 5) is 12.4. The number of carbonyl (C=O) groups excluding carboxylic acids is 1. The number of nitrogens with zero attached hydrogens (tertiary/aromatic N) is 2. The fourth-order valence-corrected chi connectivity index (χ4v) is 3.99. The summed E-state index contributed by atoms with van der Waals surface area (Å²) in [5.74, 6) is -0.925. The zero-order chi connectivity index (χ0) is 23.7. The highest BCUT2D eigenvalue weighted by Gasteiger charge is 2.30. The second-order valence-electron chi connectivity index (χ2n) is 6.85. The van der Waals surface area contributed by atoms with E-state index in [1.165, 1.54) is 45.8 Å². The van der Waals surface area contributed by atoms with E-state index in [1.54, 1.807) is 13.8 Å². The number of halogens is 4. The highest BCUT2D eigenvalue weighted by molar-refractivity contribution is 7.89. The molecule has 1 aromatic heterocycles. The van der Waals surface area contributed by atoms with Crippen LogP contribution in [0.4, 0.5) is 23.2 Å². The average molecular weight is 470 g/mol. The molecule has 170 valence electrons. The Kier molecular flexibility index (Phi) is 6.37. The molecule has 3 aromatic rings. The predicted octanol–water partition coefficient (Wildman–Crippen LogP) is 3.72. The molecular weight excluding hydrogens is 452 g/mol. The van der Waals surface area contributed by atoms with E-state index in [-0.39, 0.29) is 16.1 Å². The van der Waals surface area contributed by atoms with Crippen LogP contribution in [0.1, 0.15) is 21.7 Å². The molecule has 7 nitrogen and oxygen atoms in total. The molecule has 0 fully saturated rings. The zero-order valence-electron chi connectivity index (χ0n) is 16.9. The molecule has 1 amide bonds. The molecule has 3 rings (SSSR count). The first-order chi connectivity index (χ1) is 14.9. The lowest BCUT2D eigenvalue weighted by atomic mass is 10.1. The van der Waals surface area contributed by atoms with E-state index in [0.29, 0.717) is 17.1 Å². The Morgan fingerprint density at radius 1 is 1.03 bits per heavy atom. The van der Waals surface area contributed by atoms with Crippen LogP contribution in [0.2, 0.25) is 0 Å². The summed E-state index contributed by atoms with van der Waals surface area (Å²) in [5, 5.41) is 6.91. The molecule has 2 N–H and O–H groups in total. The van der Waals surface area contributed by atoms with Crippen molar-refractivity contribution >= 4 is 21.6 Å². The summed E-state index contributed by atoms with van der Waals surface area (Å²) in [6, 6.07) is 10.2. The average Bonchev–Trinajstić information content (AvgIpc) is 3.01. The van der Waals surface area contributed by atoms with Gasteiger partial charge in [0, 0.05) is 5.69 Å². The van der Waals surface area contributed by atoms with Crippen LogP contribution in [0.3, 0.4) is 0 Å². The van der Waals surface area contributed by atoms with Gasteiger partial charge in [-0.15, -0.1) is 0 Å². The van der Waals surface area contributed by atoms with E-state index < -0.39 is 34.5 Å². The van der Waals surface area contributed by atoms with Crippen molar-refractivity contribution in [3.63, 3.8) is 0 Å². The molecule has 32 heavy (non-hydrogen) atoms. The number of anilines is 1. The number of hydrogen-bond acceptors (Lipinski definition) is 4. The smallest absolute Gasteiger partial charge is 0.322 e. The topological polar surface area (TPSA) is 93.1 Å². The van der Waals surface area contributed by atoms with Crippen molar-refractivity contribution in [2.75, 3.05) is 11.9 Å². The lowest BCUT2D eigenvalue weighted by Gasteiger charge is -2.10. The van der Waals surface area contributed by atoms with Crippen molar-refractivity contribution in [2.45, 2.75) is 24.9 Å².